The molecule has 0 radical (unpaired) electrons. The predicted molar refractivity (Wildman–Crippen MR) is 61.4 cm³/mol. The smallest absolute Gasteiger partial charge is 0.134 e. The molecule has 0 saturated heterocycles. The van der Waals surface area contributed by atoms with E-state index in [1.54, 1.807) is 0 Å². The maximum absolute atomic E-state index is 5.84. The van der Waals surface area contributed by atoms with Crippen molar-refractivity contribution in [1.29, 1.82) is 0 Å². The third-order valence-electron chi connectivity index (χ3n) is 2.41. The van der Waals surface area contributed by atoms with Gasteiger partial charge in [0.15, 0.2) is 0 Å². The van der Waals surface area contributed by atoms with Crippen molar-refractivity contribution in [3.8, 4) is 11.1 Å². The minimum absolute atomic E-state index is 0.534. The summed E-state index contributed by atoms with van der Waals surface area (Å²) in [6.45, 7) is 3.99. The number of benzene rings is 1. The molecule has 1 aromatic carbocycles. The molecule has 15 heavy (non-hydrogen) atoms. The fourth-order valence-corrected chi connectivity index (χ4v) is 1.57. The second-order valence-corrected chi connectivity index (χ2v) is 3.59. The molecule has 2 rings (SSSR count). The summed E-state index contributed by atoms with van der Waals surface area (Å²) in [5, 5.41) is 0. The van der Waals surface area contributed by atoms with Crippen molar-refractivity contribution in [2.75, 3.05) is 5.73 Å². The summed E-state index contributed by atoms with van der Waals surface area (Å²) in [6.07, 6.45) is 1.49. The summed E-state index contributed by atoms with van der Waals surface area (Å²) in [5.41, 5.74) is 9.97. The highest BCUT2D eigenvalue weighted by atomic mass is 14.9. The summed E-state index contributed by atoms with van der Waals surface area (Å²) < 4.78 is 0. The molecule has 0 amide bonds. The predicted octanol–water partition coefficient (Wildman–Crippen LogP) is 2.34. The lowest BCUT2D eigenvalue weighted by atomic mass is 10.0. The van der Waals surface area contributed by atoms with Crippen molar-refractivity contribution in [3.05, 3.63) is 41.9 Å². The molecule has 1 heterocycles. The van der Waals surface area contributed by atoms with E-state index in [1.165, 1.54) is 11.9 Å². The first kappa shape index (κ1) is 9.65. The van der Waals surface area contributed by atoms with Crippen LogP contribution in [0.5, 0.6) is 0 Å². The highest BCUT2D eigenvalue weighted by Gasteiger charge is 2.07. The molecule has 0 bridgehead atoms. The minimum Gasteiger partial charge on any atom is -0.383 e. The highest BCUT2D eigenvalue weighted by Crippen LogP contribution is 2.26. The van der Waals surface area contributed by atoms with E-state index in [4.69, 9.17) is 5.73 Å². The Kier molecular flexibility index (Phi) is 2.37. The number of nitrogen functional groups attached to an aromatic ring is 1. The van der Waals surface area contributed by atoms with Gasteiger partial charge in [-0.2, -0.15) is 0 Å². The summed E-state index contributed by atoms with van der Waals surface area (Å²) in [4.78, 5) is 8.15. The molecule has 0 aliphatic rings. The van der Waals surface area contributed by atoms with Gasteiger partial charge in [0.2, 0.25) is 0 Å². The van der Waals surface area contributed by atoms with Crippen LogP contribution in [-0.2, 0) is 0 Å². The standard InChI is InChI=1S/C12H13N3/c1-8-3-5-10(6-4-8)11-9(2)14-7-15-12(11)13/h3-7H,1-2H3,(H2,13,14,15). The molecular formula is C12H13N3. The maximum atomic E-state index is 5.84. The van der Waals surface area contributed by atoms with Gasteiger partial charge in [-0.05, 0) is 19.4 Å². The Morgan fingerprint density at radius 1 is 1.00 bits per heavy atom. The van der Waals surface area contributed by atoms with Crippen LogP contribution < -0.4 is 5.73 Å². The van der Waals surface area contributed by atoms with Gasteiger partial charge in [-0.15, -0.1) is 0 Å². The Labute approximate surface area is 89.0 Å². The number of hydrogen-bond acceptors (Lipinski definition) is 3. The summed E-state index contributed by atoms with van der Waals surface area (Å²) in [6, 6.07) is 8.19. The third kappa shape index (κ3) is 1.81. The van der Waals surface area contributed by atoms with Gasteiger partial charge in [-0.3, -0.25) is 0 Å². The van der Waals surface area contributed by atoms with E-state index in [0.717, 1.165) is 16.8 Å². The van der Waals surface area contributed by atoms with Crippen LogP contribution in [0.2, 0.25) is 0 Å². The van der Waals surface area contributed by atoms with E-state index < -0.39 is 0 Å². The SMILES string of the molecule is Cc1ccc(-c2c(C)ncnc2N)cc1. The molecule has 0 atom stereocenters. The number of rotatable bonds is 1. The molecule has 1 aromatic heterocycles. The lowest BCUT2D eigenvalue weighted by Crippen LogP contribution is -1.98. The minimum atomic E-state index is 0.534. The van der Waals surface area contributed by atoms with Crippen molar-refractivity contribution >= 4 is 5.82 Å². The van der Waals surface area contributed by atoms with Gasteiger partial charge in [0.25, 0.3) is 0 Å². The lowest BCUT2D eigenvalue weighted by Gasteiger charge is -2.07. The Morgan fingerprint density at radius 3 is 2.27 bits per heavy atom. The van der Waals surface area contributed by atoms with E-state index in [0.29, 0.717) is 5.82 Å². The fraction of sp³-hybridized carbons (Fsp3) is 0.167. The topological polar surface area (TPSA) is 51.8 Å². The lowest BCUT2D eigenvalue weighted by molar-refractivity contribution is 1.11. The highest BCUT2D eigenvalue weighted by molar-refractivity contribution is 5.75. The van der Waals surface area contributed by atoms with Crippen molar-refractivity contribution in [1.82, 2.24) is 9.97 Å². The fourth-order valence-electron chi connectivity index (χ4n) is 1.57. The zero-order valence-corrected chi connectivity index (χ0v) is 8.86. The Bertz CT molecular complexity index is 454. The van der Waals surface area contributed by atoms with Gasteiger partial charge in [-0.25, -0.2) is 9.97 Å². The molecule has 3 nitrogen and oxygen atoms in total. The molecular weight excluding hydrogens is 186 g/mol. The van der Waals surface area contributed by atoms with Crippen molar-refractivity contribution in [2.45, 2.75) is 13.8 Å². The molecule has 76 valence electrons. The third-order valence-corrected chi connectivity index (χ3v) is 2.41. The first-order valence-corrected chi connectivity index (χ1v) is 4.82. The summed E-state index contributed by atoms with van der Waals surface area (Å²) in [5.74, 6) is 0.534. The zero-order valence-electron chi connectivity index (χ0n) is 8.86. The van der Waals surface area contributed by atoms with Crippen LogP contribution in [0.25, 0.3) is 11.1 Å². The van der Waals surface area contributed by atoms with Crippen LogP contribution in [0.15, 0.2) is 30.6 Å². The molecule has 2 aromatic rings. The van der Waals surface area contributed by atoms with Crippen LogP contribution in [0.1, 0.15) is 11.3 Å². The molecule has 0 aliphatic heterocycles. The largest absolute Gasteiger partial charge is 0.383 e. The van der Waals surface area contributed by atoms with E-state index in [2.05, 4.69) is 29.0 Å². The van der Waals surface area contributed by atoms with Crippen molar-refractivity contribution in [2.24, 2.45) is 0 Å². The van der Waals surface area contributed by atoms with Crippen LogP contribution in [-0.4, -0.2) is 9.97 Å². The summed E-state index contributed by atoms with van der Waals surface area (Å²) in [7, 11) is 0. The van der Waals surface area contributed by atoms with Gasteiger partial charge in [-0.1, -0.05) is 29.8 Å². The number of anilines is 1. The average Bonchev–Trinajstić information content (AvgIpc) is 2.20. The number of nitrogens with zero attached hydrogens (tertiary/aromatic N) is 2. The molecule has 0 aliphatic carbocycles. The summed E-state index contributed by atoms with van der Waals surface area (Å²) >= 11 is 0. The molecule has 0 unspecified atom stereocenters. The van der Waals surface area contributed by atoms with E-state index in [-0.39, 0.29) is 0 Å². The van der Waals surface area contributed by atoms with E-state index >= 15 is 0 Å². The van der Waals surface area contributed by atoms with Gasteiger partial charge >= 0.3 is 0 Å². The van der Waals surface area contributed by atoms with Crippen molar-refractivity contribution < 1.29 is 0 Å². The second kappa shape index (κ2) is 3.69. The zero-order chi connectivity index (χ0) is 10.8. The number of aromatic nitrogens is 2. The average molecular weight is 199 g/mol. The number of hydrogen-bond donors (Lipinski definition) is 1. The molecule has 2 N–H and O–H groups in total. The Hall–Kier alpha value is -1.90. The molecule has 0 saturated carbocycles. The first-order valence-electron chi connectivity index (χ1n) is 4.82. The van der Waals surface area contributed by atoms with Crippen LogP contribution in [0, 0.1) is 13.8 Å². The van der Waals surface area contributed by atoms with Gasteiger partial charge in [0, 0.05) is 5.56 Å². The number of nitrogens with two attached hydrogens (primary N) is 1. The van der Waals surface area contributed by atoms with E-state index in [1.807, 2.05) is 19.1 Å². The normalized spacial score (nSPS) is 10.3. The van der Waals surface area contributed by atoms with Gasteiger partial charge in [0.05, 0.1) is 5.69 Å². The monoisotopic (exact) mass is 199 g/mol. The first-order chi connectivity index (χ1) is 7.18. The van der Waals surface area contributed by atoms with E-state index in [9.17, 15) is 0 Å². The van der Waals surface area contributed by atoms with Crippen LogP contribution >= 0.6 is 0 Å². The second-order valence-electron chi connectivity index (χ2n) is 3.59. The molecule has 3 heteroatoms. The quantitative estimate of drug-likeness (QED) is 0.767. The van der Waals surface area contributed by atoms with Crippen molar-refractivity contribution in [3.63, 3.8) is 0 Å². The van der Waals surface area contributed by atoms with Crippen LogP contribution in [0.3, 0.4) is 0 Å². The van der Waals surface area contributed by atoms with Crippen LogP contribution in [0.4, 0.5) is 5.82 Å². The Morgan fingerprint density at radius 2 is 1.67 bits per heavy atom. The van der Waals surface area contributed by atoms with Gasteiger partial charge in [0.1, 0.15) is 12.1 Å². The molecule has 0 fully saturated rings. The van der Waals surface area contributed by atoms with Gasteiger partial charge < -0.3 is 5.73 Å². The number of aryl methyl sites for hydroxylation is 2. The Balaban J connectivity index is 2.58. The maximum Gasteiger partial charge on any atom is 0.134 e. The molecule has 0 spiro atoms.